The number of aliphatic hydroxyl groups excluding tert-OH is 2. The van der Waals surface area contributed by atoms with Gasteiger partial charge in [0.1, 0.15) is 0 Å². The van der Waals surface area contributed by atoms with E-state index in [9.17, 15) is 10.2 Å². The summed E-state index contributed by atoms with van der Waals surface area (Å²) >= 11 is 0. The van der Waals surface area contributed by atoms with Gasteiger partial charge in [0.2, 0.25) is 0 Å². The molecule has 0 aliphatic carbocycles. The van der Waals surface area contributed by atoms with Gasteiger partial charge in [-0.05, 0) is 24.1 Å². The third kappa shape index (κ3) is 1.91. The minimum atomic E-state index is -0.793. The standard InChI is InChI=1S/C16H17NO2/c1-2-11-7-9-12(10-8-11)17-15(18)13-5-3-4-6-14(13)16(17)19/h3-10,15-16,18-19H,2H2,1H3. The van der Waals surface area contributed by atoms with Crippen LogP contribution in [0.4, 0.5) is 5.69 Å². The summed E-state index contributed by atoms with van der Waals surface area (Å²) in [4.78, 5) is 1.63. The molecule has 3 heteroatoms. The van der Waals surface area contributed by atoms with Gasteiger partial charge in [-0.2, -0.15) is 0 Å². The van der Waals surface area contributed by atoms with Crippen LogP contribution in [0.25, 0.3) is 0 Å². The molecule has 19 heavy (non-hydrogen) atoms. The molecule has 3 rings (SSSR count). The molecule has 0 spiro atoms. The molecule has 2 unspecified atom stereocenters. The number of rotatable bonds is 2. The largest absolute Gasteiger partial charge is 0.369 e. The summed E-state index contributed by atoms with van der Waals surface area (Å²) in [5.74, 6) is 0. The SMILES string of the molecule is CCc1ccc(N2C(O)c3ccccc3C2O)cc1. The predicted molar refractivity (Wildman–Crippen MR) is 74.7 cm³/mol. The van der Waals surface area contributed by atoms with Crippen LogP contribution in [0.1, 0.15) is 36.1 Å². The Balaban J connectivity index is 1.98. The van der Waals surface area contributed by atoms with E-state index in [0.29, 0.717) is 0 Å². The Morgan fingerprint density at radius 3 is 1.89 bits per heavy atom. The third-order valence-electron chi connectivity index (χ3n) is 3.72. The molecule has 2 aromatic rings. The van der Waals surface area contributed by atoms with E-state index in [0.717, 1.165) is 23.2 Å². The van der Waals surface area contributed by atoms with Crippen LogP contribution in [0.3, 0.4) is 0 Å². The second kappa shape index (κ2) is 4.68. The Kier molecular flexibility index (Phi) is 3.01. The molecular formula is C16H17NO2. The van der Waals surface area contributed by atoms with Gasteiger partial charge in [-0.25, -0.2) is 0 Å². The van der Waals surface area contributed by atoms with Crippen LogP contribution in [-0.2, 0) is 6.42 Å². The molecule has 2 aromatic carbocycles. The Bertz CT molecular complexity index is 551. The van der Waals surface area contributed by atoms with Crippen LogP contribution < -0.4 is 4.90 Å². The molecule has 0 saturated heterocycles. The number of nitrogens with zero attached hydrogens (tertiary/aromatic N) is 1. The molecule has 98 valence electrons. The van der Waals surface area contributed by atoms with E-state index in [1.165, 1.54) is 5.56 Å². The predicted octanol–water partition coefficient (Wildman–Crippen LogP) is 2.75. The fraction of sp³-hybridized carbons (Fsp3) is 0.250. The highest BCUT2D eigenvalue weighted by atomic mass is 16.3. The van der Waals surface area contributed by atoms with Gasteiger partial charge >= 0.3 is 0 Å². The summed E-state index contributed by atoms with van der Waals surface area (Å²) in [6, 6.07) is 15.4. The fourth-order valence-corrected chi connectivity index (χ4v) is 2.60. The van der Waals surface area contributed by atoms with E-state index in [4.69, 9.17) is 0 Å². The number of anilines is 1. The fourth-order valence-electron chi connectivity index (χ4n) is 2.60. The number of hydrogen-bond donors (Lipinski definition) is 2. The summed E-state index contributed by atoms with van der Waals surface area (Å²) in [6.07, 6.45) is -0.608. The Morgan fingerprint density at radius 2 is 1.42 bits per heavy atom. The van der Waals surface area contributed by atoms with Crippen molar-refractivity contribution in [3.8, 4) is 0 Å². The molecule has 1 aliphatic heterocycles. The number of benzene rings is 2. The Labute approximate surface area is 112 Å². The zero-order chi connectivity index (χ0) is 13.4. The van der Waals surface area contributed by atoms with Crippen molar-refractivity contribution < 1.29 is 10.2 Å². The van der Waals surface area contributed by atoms with Gasteiger partial charge in [-0.15, -0.1) is 0 Å². The highest BCUT2D eigenvalue weighted by Gasteiger charge is 2.35. The maximum absolute atomic E-state index is 10.4. The van der Waals surface area contributed by atoms with Crippen molar-refractivity contribution in [1.29, 1.82) is 0 Å². The van der Waals surface area contributed by atoms with Crippen LogP contribution in [-0.4, -0.2) is 10.2 Å². The Morgan fingerprint density at radius 1 is 0.895 bits per heavy atom. The van der Waals surface area contributed by atoms with Crippen molar-refractivity contribution in [2.24, 2.45) is 0 Å². The lowest BCUT2D eigenvalue weighted by atomic mass is 10.1. The van der Waals surface area contributed by atoms with E-state index in [1.807, 2.05) is 48.5 Å². The highest BCUT2D eigenvalue weighted by molar-refractivity contribution is 5.55. The van der Waals surface area contributed by atoms with Gasteiger partial charge in [-0.1, -0.05) is 43.3 Å². The van der Waals surface area contributed by atoms with E-state index in [-0.39, 0.29) is 0 Å². The van der Waals surface area contributed by atoms with Gasteiger partial charge in [0, 0.05) is 16.8 Å². The molecule has 0 fully saturated rings. The minimum absolute atomic E-state index is 0.773. The topological polar surface area (TPSA) is 43.7 Å². The number of hydrogen-bond acceptors (Lipinski definition) is 3. The minimum Gasteiger partial charge on any atom is -0.369 e. The smallest absolute Gasteiger partial charge is 0.155 e. The number of fused-ring (bicyclic) bond motifs is 1. The molecule has 0 saturated carbocycles. The summed E-state index contributed by atoms with van der Waals surface area (Å²) < 4.78 is 0. The second-order valence-corrected chi connectivity index (χ2v) is 4.80. The average molecular weight is 255 g/mol. The quantitative estimate of drug-likeness (QED) is 0.867. The van der Waals surface area contributed by atoms with Gasteiger partial charge in [0.05, 0.1) is 0 Å². The van der Waals surface area contributed by atoms with Crippen molar-refractivity contribution in [3.63, 3.8) is 0 Å². The lowest BCUT2D eigenvalue weighted by Gasteiger charge is -2.26. The molecule has 1 heterocycles. The van der Waals surface area contributed by atoms with Crippen molar-refractivity contribution in [2.75, 3.05) is 4.90 Å². The molecule has 2 atom stereocenters. The first-order valence-electron chi connectivity index (χ1n) is 6.54. The molecule has 0 radical (unpaired) electrons. The first-order chi connectivity index (χ1) is 9.22. The molecule has 2 N–H and O–H groups in total. The van der Waals surface area contributed by atoms with Gasteiger partial charge in [-0.3, -0.25) is 0 Å². The second-order valence-electron chi connectivity index (χ2n) is 4.80. The zero-order valence-corrected chi connectivity index (χ0v) is 10.8. The van der Waals surface area contributed by atoms with Crippen molar-refractivity contribution in [2.45, 2.75) is 25.8 Å². The zero-order valence-electron chi connectivity index (χ0n) is 10.8. The van der Waals surface area contributed by atoms with Crippen LogP contribution in [0, 0.1) is 0 Å². The summed E-state index contributed by atoms with van der Waals surface area (Å²) in [7, 11) is 0. The van der Waals surface area contributed by atoms with E-state index in [2.05, 4.69) is 6.92 Å². The van der Waals surface area contributed by atoms with Crippen LogP contribution in [0.2, 0.25) is 0 Å². The van der Waals surface area contributed by atoms with Crippen molar-refractivity contribution in [1.82, 2.24) is 0 Å². The van der Waals surface area contributed by atoms with Gasteiger partial charge in [0.25, 0.3) is 0 Å². The average Bonchev–Trinajstić information content (AvgIpc) is 2.72. The summed E-state index contributed by atoms with van der Waals surface area (Å²) in [5.41, 5.74) is 3.61. The first-order valence-corrected chi connectivity index (χ1v) is 6.54. The monoisotopic (exact) mass is 255 g/mol. The maximum atomic E-state index is 10.4. The molecule has 3 nitrogen and oxygen atoms in total. The summed E-state index contributed by atoms with van der Waals surface area (Å²) in [5, 5.41) is 20.7. The van der Waals surface area contributed by atoms with Crippen LogP contribution in [0.15, 0.2) is 48.5 Å². The molecule has 1 aliphatic rings. The lowest BCUT2D eigenvalue weighted by Crippen LogP contribution is -2.25. The van der Waals surface area contributed by atoms with Crippen LogP contribution >= 0.6 is 0 Å². The first kappa shape index (κ1) is 12.2. The third-order valence-corrected chi connectivity index (χ3v) is 3.72. The van der Waals surface area contributed by atoms with E-state index < -0.39 is 12.5 Å². The van der Waals surface area contributed by atoms with Crippen molar-refractivity contribution >= 4 is 5.69 Å². The normalized spacial score (nSPS) is 21.5. The van der Waals surface area contributed by atoms with E-state index in [1.54, 1.807) is 4.90 Å². The maximum Gasteiger partial charge on any atom is 0.155 e. The van der Waals surface area contributed by atoms with Crippen LogP contribution in [0.5, 0.6) is 0 Å². The van der Waals surface area contributed by atoms with Gasteiger partial charge in [0.15, 0.2) is 12.5 Å². The molecule has 0 amide bonds. The molecule has 0 aromatic heterocycles. The number of aliphatic hydroxyl groups is 2. The van der Waals surface area contributed by atoms with Gasteiger partial charge < -0.3 is 15.1 Å². The molecular weight excluding hydrogens is 238 g/mol. The number of aryl methyl sites for hydroxylation is 1. The van der Waals surface area contributed by atoms with Crippen molar-refractivity contribution in [3.05, 3.63) is 65.2 Å². The summed E-state index contributed by atoms with van der Waals surface area (Å²) in [6.45, 7) is 2.10. The van der Waals surface area contributed by atoms with E-state index >= 15 is 0 Å². The Hall–Kier alpha value is -1.84. The lowest BCUT2D eigenvalue weighted by molar-refractivity contribution is 0.110. The highest BCUT2D eigenvalue weighted by Crippen LogP contribution is 2.42. The molecule has 0 bridgehead atoms.